The van der Waals surface area contributed by atoms with Crippen LogP contribution >= 0.6 is 0 Å². The minimum absolute atomic E-state index is 0.409. The topological polar surface area (TPSA) is 3.24 Å². The number of hydrogen-bond acceptors (Lipinski definition) is 1. The summed E-state index contributed by atoms with van der Waals surface area (Å²) in [6.45, 7) is 6.16. The van der Waals surface area contributed by atoms with E-state index >= 15 is 0 Å². The molecule has 1 aliphatic heterocycles. The summed E-state index contributed by atoms with van der Waals surface area (Å²) in [6, 6.07) is 9.82. The SMILES string of the molecule is CC1C2Cc3ccccc3C1(C)CCN2C. The van der Waals surface area contributed by atoms with Gasteiger partial charge in [0.25, 0.3) is 0 Å². The molecule has 86 valence electrons. The van der Waals surface area contributed by atoms with Gasteiger partial charge >= 0.3 is 0 Å². The van der Waals surface area contributed by atoms with Crippen molar-refractivity contribution in [1.29, 1.82) is 0 Å². The minimum atomic E-state index is 0.409. The molecule has 3 unspecified atom stereocenters. The van der Waals surface area contributed by atoms with Crippen LogP contribution in [0, 0.1) is 5.92 Å². The third-order valence-electron chi connectivity index (χ3n) is 5.19. The van der Waals surface area contributed by atoms with E-state index in [1.165, 1.54) is 19.4 Å². The van der Waals surface area contributed by atoms with Gasteiger partial charge in [-0.25, -0.2) is 0 Å². The van der Waals surface area contributed by atoms with E-state index in [4.69, 9.17) is 0 Å². The first kappa shape index (κ1) is 10.3. The molecule has 0 aromatic heterocycles. The van der Waals surface area contributed by atoms with Crippen molar-refractivity contribution in [2.45, 2.75) is 38.1 Å². The van der Waals surface area contributed by atoms with E-state index in [0.717, 1.165) is 12.0 Å². The van der Waals surface area contributed by atoms with Gasteiger partial charge < -0.3 is 4.90 Å². The number of likely N-dealkylation sites (N-methyl/N-ethyl adjacent to an activating group) is 1. The number of piperidine rings is 1. The molecule has 1 nitrogen and oxygen atoms in total. The summed E-state index contributed by atoms with van der Waals surface area (Å²) in [5, 5.41) is 0. The number of likely N-dealkylation sites (tertiary alicyclic amines) is 1. The fraction of sp³-hybridized carbons (Fsp3) is 0.600. The summed E-state index contributed by atoms with van der Waals surface area (Å²) in [6.07, 6.45) is 2.54. The van der Waals surface area contributed by atoms with Gasteiger partial charge in [-0.15, -0.1) is 0 Å². The van der Waals surface area contributed by atoms with Crippen LogP contribution < -0.4 is 0 Å². The van der Waals surface area contributed by atoms with Crippen LogP contribution in [0.4, 0.5) is 0 Å². The third kappa shape index (κ3) is 1.21. The average molecular weight is 215 g/mol. The van der Waals surface area contributed by atoms with E-state index in [2.05, 4.69) is 50.1 Å². The first-order chi connectivity index (χ1) is 7.63. The van der Waals surface area contributed by atoms with Crippen LogP contribution in [-0.2, 0) is 11.8 Å². The zero-order valence-electron chi connectivity index (χ0n) is 10.5. The van der Waals surface area contributed by atoms with Gasteiger partial charge in [0.2, 0.25) is 0 Å². The molecule has 1 saturated heterocycles. The van der Waals surface area contributed by atoms with Crippen molar-refractivity contribution < 1.29 is 0 Å². The Bertz CT molecular complexity index is 412. The maximum atomic E-state index is 2.56. The van der Waals surface area contributed by atoms with E-state index in [0.29, 0.717) is 5.41 Å². The minimum Gasteiger partial charge on any atom is -0.303 e. The number of hydrogen-bond donors (Lipinski definition) is 0. The molecule has 0 spiro atoms. The van der Waals surface area contributed by atoms with Gasteiger partial charge in [-0.05, 0) is 48.9 Å². The van der Waals surface area contributed by atoms with Gasteiger partial charge in [0.05, 0.1) is 0 Å². The van der Waals surface area contributed by atoms with Crippen molar-refractivity contribution in [3.05, 3.63) is 35.4 Å². The van der Waals surface area contributed by atoms with Gasteiger partial charge in [-0.2, -0.15) is 0 Å². The van der Waals surface area contributed by atoms with Crippen LogP contribution in [0.1, 0.15) is 31.4 Å². The Hall–Kier alpha value is -0.820. The number of nitrogens with zero attached hydrogens (tertiary/aromatic N) is 1. The molecule has 0 saturated carbocycles. The zero-order valence-corrected chi connectivity index (χ0v) is 10.5. The zero-order chi connectivity index (χ0) is 11.3. The highest BCUT2D eigenvalue weighted by atomic mass is 15.1. The van der Waals surface area contributed by atoms with Crippen LogP contribution in [0.2, 0.25) is 0 Å². The van der Waals surface area contributed by atoms with Crippen LogP contribution in [-0.4, -0.2) is 24.5 Å². The third-order valence-corrected chi connectivity index (χ3v) is 5.19. The molecule has 2 aliphatic rings. The first-order valence-electron chi connectivity index (χ1n) is 6.41. The highest BCUT2D eigenvalue weighted by Crippen LogP contribution is 2.47. The molecule has 1 heterocycles. The predicted molar refractivity (Wildman–Crippen MR) is 67.7 cm³/mol. The normalized spacial score (nSPS) is 38.2. The monoisotopic (exact) mass is 215 g/mol. The van der Waals surface area contributed by atoms with Crippen LogP contribution in [0.3, 0.4) is 0 Å². The Morgan fingerprint density at radius 1 is 1.31 bits per heavy atom. The Morgan fingerprint density at radius 2 is 2.06 bits per heavy atom. The summed E-state index contributed by atoms with van der Waals surface area (Å²) in [5.41, 5.74) is 3.61. The van der Waals surface area contributed by atoms with Crippen molar-refractivity contribution in [1.82, 2.24) is 4.90 Å². The maximum absolute atomic E-state index is 2.56. The molecule has 1 fully saturated rings. The fourth-order valence-electron chi connectivity index (χ4n) is 3.80. The Morgan fingerprint density at radius 3 is 2.88 bits per heavy atom. The summed E-state index contributed by atoms with van der Waals surface area (Å²) >= 11 is 0. The number of benzene rings is 1. The molecule has 0 amide bonds. The summed E-state index contributed by atoms with van der Waals surface area (Å²) in [5.74, 6) is 0.779. The lowest BCUT2D eigenvalue weighted by molar-refractivity contribution is 0.0508. The lowest BCUT2D eigenvalue weighted by Crippen LogP contribution is -2.56. The van der Waals surface area contributed by atoms with Crippen molar-refractivity contribution in [3.63, 3.8) is 0 Å². The lowest BCUT2D eigenvalue weighted by atomic mass is 9.59. The van der Waals surface area contributed by atoms with E-state index in [-0.39, 0.29) is 0 Å². The Labute approximate surface area is 98.5 Å². The molecule has 1 aromatic rings. The van der Waals surface area contributed by atoms with Crippen molar-refractivity contribution in [2.24, 2.45) is 5.92 Å². The van der Waals surface area contributed by atoms with Gasteiger partial charge in [-0.1, -0.05) is 38.1 Å². The van der Waals surface area contributed by atoms with E-state index < -0.39 is 0 Å². The van der Waals surface area contributed by atoms with Gasteiger partial charge in [0.1, 0.15) is 0 Å². The van der Waals surface area contributed by atoms with Crippen molar-refractivity contribution >= 4 is 0 Å². The van der Waals surface area contributed by atoms with Gasteiger partial charge in [0.15, 0.2) is 0 Å². The largest absolute Gasteiger partial charge is 0.303 e. The van der Waals surface area contributed by atoms with Crippen LogP contribution in [0.25, 0.3) is 0 Å². The molecule has 0 N–H and O–H groups in total. The fourth-order valence-corrected chi connectivity index (χ4v) is 3.80. The molecule has 1 heteroatoms. The summed E-state index contributed by atoms with van der Waals surface area (Å²) in [7, 11) is 2.29. The standard InChI is InChI=1S/C15H21N/c1-11-14-10-12-6-4-5-7-13(12)15(11,2)8-9-16(14)3/h4-7,11,14H,8-10H2,1-3H3. The average Bonchev–Trinajstić information content (AvgIpc) is 2.29. The molecule has 16 heavy (non-hydrogen) atoms. The quantitative estimate of drug-likeness (QED) is 0.643. The summed E-state index contributed by atoms with van der Waals surface area (Å²) in [4.78, 5) is 2.56. The molecular weight excluding hydrogens is 194 g/mol. The van der Waals surface area contributed by atoms with E-state index in [9.17, 15) is 0 Å². The van der Waals surface area contributed by atoms with E-state index in [1.807, 2.05) is 0 Å². The molecule has 1 aliphatic carbocycles. The molecule has 1 aromatic carbocycles. The van der Waals surface area contributed by atoms with Crippen molar-refractivity contribution in [3.8, 4) is 0 Å². The Kier molecular flexibility index (Phi) is 2.16. The highest BCUT2D eigenvalue weighted by molar-refractivity contribution is 5.39. The van der Waals surface area contributed by atoms with Crippen LogP contribution in [0.5, 0.6) is 0 Å². The van der Waals surface area contributed by atoms with Crippen LogP contribution in [0.15, 0.2) is 24.3 Å². The van der Waals surface area contributed by atoms with E-state index in [1.54, 1.807) is 11.1 Å². The second kappa shape index (κ2) is 3.33. The Balaban J connectivity index is 2.15. The first-order valence-corrected chi connectivity index (χ1v) is 6.41. The highest BCUT2D eigenvalue weighted by Gasteiger charge is 2.46. The predicted octanol–water partition coefficient (Wildman–Crippen LogP) is 2.84. The lowest BCUT2D eigenvalue weighted by Gasteiger charge is -2.53. The van der Waals surface area contributed by atoms with Crippen molar-refractivity contribution in [2.75, 3.05) is 13.6 Å². The second-order valence-corrected chi connectivity index (χ2v) is 5.87. The van der Waals surface area contributed by atoms with Gasteiger partial charge in [0, 0.05) is 6.04 Å². The molecule has 0 radical (unpaired) electrons. The number of fused-ring (bicyclic) bond motifs is 4. The molecule has 3 rings (SSSR count). The smallest absolute Gasteiger partial charge is 0.0167 e. The molecular formula is C15H21N. The maximum Gasteiger partial charge on any atom is 0.0167 e. The molecule has 2 bridgehead atoms. The number of rotatable bonds is 0. The molecule has 3 atom stereocenters. The summed E-state index contributed by atoms with van der Waals surface area (Å²) < 4.78 is 0. The van der Waals surface area contributed by atoms with Gasteiger partial charge in [-0.3, -0.25) is 0 Å². The second-order valence-electron chi connectivity index (χ2n) is 5.87.